The van der Waals surface area contributed by atoms with Crippen LogP contribution in [0.2, 0.25) is 0 Å². The molecule has 0 aromatic heterocycles. The number of carbonyl (C=O) groups excluding carboxylic acids is 1. The molecule has 0 saturated heterocycles. The predicted molar refractivity (Wildman–Crippen MR) is 122 cm³/mol. The second-order valence-corrected chi connectivity index (χ2v) is 7.00. The van der Waals surface area contributed by atoms with Gasteiger partial charge < -0.3 is 10.1 Å². The Morgan fingerprint density at radius 2 is 1.55 bits per heavy atom. The van der Waals surface area contributed by atoms with Crippen LogP contribution in [-0.2, 0) is 0 Å². The minimum absolute atomic E-state index is 0.202. The van der Waals surface area contributed by atoms with E-state index in [0.717, 1.165) is 16.7 Å². The quantitative estimate of drug-likeness (QED) is 0.426. The Labute approximate surface area is 176 Å². The fourth-order valence-corrected chi connectivity index (χ4v) is 2.87. The summed E-state index contributed by atoms with van der Waals surface area (Å²) < 4.78 is 5.71. The van der Waals surface area contributed by atoms with E-state index < -0.39 is 0 Å². The minimum atomic E-state index is -0.276. The van der Waals surface area contributed by atoms with Crippen LogP contribution in [0.25, 0.3) is 11.1 Å². The van der Waals surface area contributed by atoms with Crippen molar-refractivity contribution >= 4 is 28.9 Å². The summed E-state index contributed by atoms with van der Waals surface area (Å²) in [6, 6.07) is 24.8. The molecule has 0 atom stereocenters. The van der Waals surface area contributed by atoms with Gasteiger partial charge in [0.2, 0.25) is 0 Å². The Morgan fingerprint density at radius 3 is 2.24 bits per heavy atom. The van der Waals surface area contributed by atoms with E-state index in [4.69, 9.17) is 17.0 Å². The van der Waals surface area contributed by atoms with Crippen LogP contribution in [0.15, 0.2) is 91.0 Å². The largest absolute Gasteiger partial charge is 0.487 e. The maximum Gasteiger partial charge on any atom is 0.257 e. The third-order valence-corrected chi connectivity index (χ3v) is 4.29. The summed E-state index contributed by atoms with van der Waals surface area (Å²) >= 11 is 5.29. The molecule has 0 aliphatic heterocycles. The number of hydrogen-bond donors (Lipinski definition) is 2. The number of hydrogen-bond acceptors (Lipinski definition) is 3. The highest BCUT2D eigenvalue weighted by molar-refractivity contribution is 7.80. The Kier molecular flexibility index (Phi) is 6.76. The molecule has 0 aliphatic carbocycles. The lowest BCUT2D eigenvalue weighted by Crippen LogP contribution is -2.34. The fraction of sp³-hybridized carbons (Fsp3) is 0.0833. The van der Waals surface area contributed by atoms with E-state index >= 15 is 0 Å². The van der Waals surface area contributed by atoms with Crippen LogP contribution in [-0.4, -0.2) is 17.6 Å². The zero-order chi connectivity index (χ0) is 20.6. The molecule has 29 heavy (non-hydrogen) atoms. The van der Waals surface area contributed by atoms with Gasteiger partial charge in [-0.1, -0.05) is 61.2 Å². The van der Waals surface area contributed by atoms with Crippen LogP contribution in [0.4, 0.5) is 5.69 Å². The Morgan fingerprint density at radius 1 is 0.931 bits per heavy atom. The first-order valence-electron chi connectivity index (χ1n) is 9.17. The van der Waals surface area contributed by atoms with Gasteiger partial charge in [-0.25, -0.2) is 0 Å². The van der Waals surface area contributed by atoms with E-state index in [1.165, 1.54) is 0 Å². The summed E-state index contributed by atoms with van der Waals surface area (Å²) in [6.45, 7) is 6.13. The van der Waals surface area contributed by atoms with Crippen molar-refractivity contribution < 1.29 is 9.53 Å². The first-order chi connectivity index (χ1) is 14.0. The average Bonchev–Trinajstić information content (AvgIpc) is 2.73. The summed E-state index contributed by atoms with van der Waals surface area (Å²) in [5.41, 5.74) is 4.27. The lowest BCUT2D eigenvalue weighted by atomic mass is 10.0. The van der Waals surface area contributed by atoms with E-state index in [-0.39, 0.29) is 11.0 Å². The zero-order valence-corrected chi connectivity index (χ0v) is 17.0. The van der Waals surface area contributed by atoms with Gasteiger partial charge in [-0.15, -0.1) is 0 Å². The van der Waals surface area contributed by atoms with Gasteiger partial charge >= 0.3 is 0 Å². The first kappa shape index (κ1) is 20.3. The normalized spacial score (nSPS) is 10.1. The molecule has 0 fully saturated rings. The summed E-state index contributed by atoms with van der Waals surface area (Å²) in [4.78, 5) is 12.5. The molecule has 146 valence electrons. The first-order valence-corrected chi connectivity index (χ1v) is 9.58. The lowest BCUT2D eigenvalue weighted by molar-refractivity contribution is 0.0977. The van der Waals surface area contributed by atoms with Crippen LogP contribution in [0.5, 0.6) is 5.75 Å². The topological polar surface area (TPSA) is 50.4 Å². The van der Waals surface area contributed by atoms with Crippen molar-refractivity contribution in [2.24, 2.45) is 0 Å². The second-order valence-electron chi connectivity index (χ2n) is 6.59. The average molecular weight is 403 g/mol. The van der Waals surface area contributed by atoms with Gasteiger partial charge in [0.05, 0.1) is 5.69 Å². The van der Waals surface area contributed by atoms with Crippen molar-refractivity contribution in [3.05, 3.63) is 96.6 Å². The van der Waals surface area contributed by atoms with Gasteiger partial charge in [-0.2, -0.15) is 0 Å². The summed E-state index contributed by atoms with van der Waals surface area (Å²) in [6.07, 6.45) is 0. The van der Waals surface area contributed by atoms with Gasteiger partial charge in [0.1, 0.15) is 12.4 Å². The molecule has 0 unspecified atom stereocenters. The van der Waals surface area contributed by atoms with Crippen LogP contribution >= 0.6 is 12.2 Å². The van der Waals surface area contributed by atoms with Gasteiger partial charge in [0.25, 0.3) is 5.91 Å². The zero-order valence-electron chi connectivity index (χ0n) is 16.1. The highest BCUT2D eigenvalue weighted by Gasteiger charge is 2.10. The predicted octanol–water partition coefficient (Wildman–Crippen LogP) is 5.44. The third kappa shape index (κ3) is 5.77. The number of rotatable bonds is 6. The minimum Gasteiger partial charge on any atom is -0.487 e. The smallest absolute Gasteiger partial charge is 0.257 e. The summed E-state index contributed by atoms with van der Waals surface area (Å²) in [7, 11) is 0. The summed E-state index contributed by atoms with van der Waals surface area (Å²) in [5.74, 6) is 0.363. The molecule has 0 aliphatic rings. The maximum absolute atomic E-state index is 12.5. The van der Waals surface area contributed by atoms with E-state index in [9.17, 15) is 4.79 Å². The number of amides is 1. The summed E-state index contributed by atoms with van der Waals surface area (Å²) in [5, 5.41) is 5.92. The number of benzene rings is 3. The molecule has 3 aromatic carbocycles. The van der Waals surface area contributed by atoms with E-state index in [0.29, 0.717) is 23.6 Å². The molecule has 0 saturated carbocycles. The van der Waals surface area contributed by atoms with E-state index in [1.54, 1.807) is 12.1 Å². The molecular weight excluding hydrogens is 380 g/mol. The van der Waals surface area contributed by atoms with Crippen molar-refractivity contribution in [2.75, 3.05) is 11.9 Å². The van der Waals surface area contributed by atoms with E-state index in [1.807, 2.05) is 73.7 Å². The Hall–Kier alpha value is -3.44. The molecule has 3 aromatic rings. The monoisotopic (exact) mass is 402 g/mol. The van der Waals surface area contributed by atoms with Crippen LogP contribution in [0.1, 0.15) is 17.3 Å². The van der Waals surface area contributed by atoms with Gasteiger partial charge in [0, 0.05) is 5.56 Å². The van der Waals surface area contributed by atoms with E-state index in [2.05, 4.69) is 17.2 Å². The number of para-hydroxylation sites is 2. The molecule has 0 heterocycles. The molecule has 4 nitrogen and oxygen atoms in total. The van der Waals surface area contributed by atoms with Crippen molar-refractivity contribution in [1.82, 2.24) is 5.32 Å². The van der Waals surface area contributed by atoms with Crippen molar-refractivity contribution in [2.45, 2.75) is 6.92 Å². The van der Waals surface area contributed by atoms with Crippen molar-refractivity contribution in [1.29, 1.82) is 0 Å². The highest BCUT2D eigenvalue weighted by atomic mass is 32.1. The molecule has 3 rings (SSSR count). The standard InChI is InChI=1S/C24H22N2O2S/c1-17(2)16-28-22-11-7-6-10-21(22)25-24(29)26-23(27)20-14-12-19(13-15-20)18-8-4-3-5-9-18/h3-15H,1,16H2,2H3,(H2,25,26,27,29). The Bertz CT molecular complexity index is 1010. The van der Waals surface area contributed by atoms with Crippen LogP contribution in [0.3, 0.4) is 0 Å². The fourth-order valence-electron chi connectivity index (χ4n) is 2.67. The number of anilines is 1. The number of thiocarbonyl (C=S) groups is 1. The molecule has 0 bridgehead atoms. The van der Waals surface area contributed by atoms with Crippen molar-refractivity contribution in [3.8, 4) is 16.9 Å². The molecule has 5 heteroatoms. The van der Waals surface area contributed by atoms with Gasteiger partial charge in [-0.05, 0) is 60.1 Å². The highest BCUT2D eigenvalue weighted by Crippen LogP contribution is 2.24. The molecule has 0 spiro atoms. The molecule has 1 amide bonds. The maximum atomic E-state index is 12.5. The third-order valence-electron chi connectivity index (χ3n) is 4.09. The number of ether oxygens (including phenoxy) is 1. The lowest BCUT2D eigenvalue weighted by Gasteiger charge is -2.14. The van der Waals surface area contributed by atoms with Crippen LogP contribution < -0.4 is 15.4 Å². The van der Waals surface area contributed by atoms with Gasteiger partial charge in [0.15, 0.2) is 5.11 Å². The molecule has 2 N–H and O–H groups in total. The number of nitrogens with one attached hydrogen (secondary N) is 2. The van der Waals surface area contributed by atoms with Crippen LogP contribution in [0, 0.1) is 0 Å². The Balaban J connectivity index is 1.62. The second kappa shape index (κ2) is 9.66. The number of carbonyl (C=O) groups is 1. The SMILES string of the molecule is C=C(C)COc1ccccc1NC(=S)NC(=O)c1ccc(-c2ccccc2)cc1. The van der Waals surface area contributed by atoms with Gasteiger partial charge in [-0.3, -0.25) is 10.1 Å². The van der Waals surface area contributed by atoms with Crippen molar-refractivity contribution in [3.63, 3.8) is 0 Å². The molecular formula is C24H22N2O2S. The molecule has 0 radical (unpaired) electrons.